The molecule has 0 amide bonds. The van der Waals surface area contributed by atoms with Crippen molar-refractivity contribution >= 4 is 0 Å². The molecule has 4 saturated carbocycles. The van der Waals surface area contributed by atoms with Crippen molar-refractivity contribution in [2.75, 3.05) is 13.2 Å². The quantitative estimate of drug-likeness (QED) is 0.540. The maximum absolute atomic E-state index is 11.3. The molecule has 2 N–H and O–H groups in total. The Morgan fingerprint density at radius 3 is 2.31 bits per heavy atom. The van der Waals surface area contributed by atoms with Crippen LogP contribution in [0.3, 0.4) is 0 Å². The highest BCUT2D eigenvalue weighted by Crippen LogP contribution is 2.69. The summed E-state index contributed by atoms with van der Waals surface area (Å²) in [7, 11) is 0. The third-order valence-corrected chi connectivity index (χ3v) is 12.5. The standard InChI is InChI=1S/C29H50O3/c1-5-29(31)15-14-27(3)21(18-29)6-7-22-24-9-8-23(28(24,4)13-10-25(22)27)19(2)26(30)20-11-16-32-17-12-20/h19-26,30-31H,5-18H2,1-4H3/t19-,21-,22-,23+,24-,25-,26+,27-,28+,29-/m0/s1. The van der Waals surface area contributed by atoms with Crippen LogP contribution in [0, 0.1) is 52.3 Å². The van der Waals surface area contributed by atoms with Gasteiger partial charge in [0.1, 0.15) is 0 Å². The Bertz CT molecular complexity index is 673. The number of ether oxygens (including phenoxy) is 1. The molecule has 184 valence electrons. The Morgan fingerprint density at radius 1 is 0.875 bits per heavy atom. The monoisotopic (exact) mass is 446 g/mol. The van der Waals surface area contributed by atoms with Gasteiger partial charge in [-0.1, -0.05) is 27.7 Å². The molecule has 1 heterocycles. The van der Waals surface area contributed by atoms with Crippen molar-refractivity contribution in [1.29, 1.82) is 0 Å². The largest absolute Gasteiger partial charge is 0.393 e. The molecule has 0 aromatic rings. The number of fused-ring (bicyclic) bond motifs is 5. The molecule has 3 nitrogen and oxygen atoms in total. The third-order valence-electron chi connectivity index (χ3n) is 12.5. The Morgan fingerprint density at radius 2 is 1.59 bits per heavy atom. The van der Waals surface area contributed by atoms with Crippen molar-refractivity contribution in [1.82, 2.24) is 0 Å². The van der Waals surface area contributed by atoms with Gasteiger partial charge in [-0.15, -0.1) is 0 Å². The van der Waals surface area contributed by atoms with Gasteiger partial charge >= 0.3 is 0 Å². The molecule has 10 atom stereocenters. The third kappa shape index (κ3) is 3.63. The molecule has 3 heteroatoms. The van der Waals surface area contributed by atoms with E-state index in [2.05, 4.69) is 27.7 Å². The van der Waals surface area contributed by atoms with Crippen LogP contribution in [0.25, 0.3) is 0 Å². The lowest BCUT2D eigenvalue weighted by Gasteiger charge is -2.62. The summed E-state index contributed by atoms with van der Waals surface area (Å²) in [6.45, 7) is 11.4. The van der Waals surface area contributed by atoms with Gasteiger partial charge in [-0.05, 0) is 129 Å². The van der Waals surface area contributed by atoms with Gasteiger partial charge < -0.3 is 14.9 Å². The van der Waals surface area contributed by atoms with E-state index >= 15 is 0 Å². The molecule has 1 saturated heterocycles. The minimum Gasteiger partial charge on any atom is -0.393 e. The van der Waals surface area contributed by atoms with E-state index in [4.69, 9.17) is 4.74 Å². The zero-order chi connectivity index (χ0) is 22.7. The van der Waals surface area contributed by atoms with Crippen molar-refractivity contribution in [2.45, 2.75) is 116 Å². The predicted octanol–water partition coefficient (Wildman–Crippen LogP) is 6.21. The van der Waals surface area contributed by atoms with Crippen molar-refractivity contribution in [3.63, 3.8) is 0 Å². The molecule has 5 aliphatic rings. The zero-order valence-corrected chi connectivity index (χ0v) is 21.3. The van der Waals surface area contributed by atoms with Crippen molar-refractivity contribution in [2.24, 2.45) is 52.3 Å². The summed E-state index contributed by atoms with van der Waals surface area (Å²) < 4.78 is 5.57. The van der Waals surface area contributed by atoms with Crippen LogP contribution in [0.15, 0.2) is 0 Å². The number of hydrogen-bond acceptors (Lipinski definition) is 3. The molecule has 5 rings (SSSR count). The number of rotatable bonds is 4. The second-order valence-corrected chi connectivity index (χ2v) is 13.5. The Kier molecular flexibility index (Phi) is 6.29. The fourth-order valence-electron chi connectivity index (χ4n) is 10.3. The van der Waals surface area contributed by atoms with E-state index in [1.54, 1.807) is 0 Å². The summed E-state index contributed by atoms with van der Waals surface area (Å²) in [6.07, 6.45) is 14.3. The number of aliphatic hydroxyl groups excluding tert-OH is 1. The Balaban J connectivity index is 1.32. The lowest BCUT2D eigenvalue weighted by Crippen LogP contribution is -2.56. The van der Waals surface area contributed by atoms with Gasteiger partial charge in [-0.3, -0.25) is 0 Å². The first-order valence-corrected chi connectivity index (χ1v) is 14.2. The smallest absolute Gasteiger partial charge is 0.0648 e. The number of aliphatic hydroxyl groups is 2. The predicted molar refractivity (Wildman–Crippen MR) is 129 cm³/mol. The van der Waals surface area contributed by atoms with Gasteiger partial charge in [0, 0.05) is 13.2 Å². The van der Waals surface area contributed by atoms with E-state index in [1.807, 2.05) is 0 Å². The number of hydrogen-bond donors (Lipinski definition) is 2. The molecular formula is C29H50O3. The first-order chi connectivity index (χ1) is 15.2. The molecule has 32 heavy (non-hydrogen) atoms. The summed E-state index contributed by atoms with van der Waals surface area (Å²) in [4.78, 5) is 0. The average Bonchev–Trinajstić information content (AvgIpc) is 3.16. The van der Waals surface area contributed by atoms with Crippen LogP contribution in [0.4, 0.5) is 0 Å². The van der Waals surface area contributed by atoms with Crippen LogP contribution in [0.5, 0.6) is 0 Å². The molecule has 0 bridgehead atoms. The van der Waals surface area contributed by atoms with E-state index in [0.717, 1.165) is 69.0 Å². The van der Waals surface area contributed by atoms with Crippen molar-refractivity contribution in [3.05, 3.63) is 0 Å². The average molecular weight is 447 g/mol. The summed E-state index contributed by atoms with van der Waals surface area (Å²) in [5.41, 5.74) is 0.458. The first-order valence-electron chi connectivity index (χ1n) is 14.2. The fourth-order valence-corrected chi connectivity index (χ4v) is 10.3. The molecule has 0 spiro atoms. The molecule has 0 aromatic carbocycles. The second-order valence-electron chi connectivity index (χ2n) is 13.5. The lowest BCUT2D eigenvalue weighted by atomic mass is 9.43. The minimum absolute atomic E-state index is 0.157. The van der Waals surface area contributed by atoms with Crippen LogP contribution in [0.1, 0.15) is 105 Å². The van der Waals surface area contributed by atoms with Crippen molar-refractivity contribution < 1.29 is 14.9 Å². The molecule has 1 aliphatic heterocycles. The van der Waals surface area contributed by atoms with Gasteiger partial charge in [0.05, 0.1) is 11.7 Å². The fraction of sp³-hybridized carbons (Fsp3) is 1.00. The molecular weight excluding hydrogens is 396 g/mol. The van der Waals surface area contributed by atoms with E-state index in [0.29, 0.717) is 28.6 Å². The maximum atomic E-state index is 11.3. The Hall–Kier alpha value is -0.120. The van der Waals surface area contributed by atoms with Gasteiger partial charge in [0.2, 0.25) is 0 Å². The zero-order valence-electron chi connectivity index (χ0n) is 21.3. The summed E-state index contributed by atoms with van der Waals surface area (Å²) in [6, 6.07) is 0. The van der Waals surface area contributed by atoms with Gasteiger partial charge in [0.15, 0.2) is 0 Å². The van der Waals surface area contributed by atoms with Gasteiger partial charge in [-0.2, -0.15) is 0 Å². The SMILES string of the molecule is CC[C@]1(O)CC[C@@]2(C)[C@@H](CC[C@@H]3[C@@H]2CC[C@]2(C)[C@@H]([C@H](C)[C@@H](O)C4CCOCC4)CC[C@@H]32)C1. The normalized spacial score (nSPS) is 51.4. The molecule has 4 aliphatic carbocycles. The summed E-state index contributed by atoms with van der Waals surface area (Å²) in [5, 5.41) is 22.4. The highest BCUT2D eigenvalue weighted by atomic mass is 16.5. The van der Waals surface area contributed by atoms with Gasteiger partial charge in [0.25, 0.3) is 0 Å². The molecule has 0 radical (unpaired) electrons. The van der Waals surface area contributed by atoms with Crippen LogP contribution in [-0.2, 0) is 4.74 Å². The van der Waals surface area contributed by atoms with E-state index in [1.165, 1.54) is 44.9 Å². The first kappa shape index (κ1) is 23.6. The highest BCUT2D eigenvalue weighted by molar-refractivity contribution is 5.11. The lowest BCUT2D eigenvalue weighted by molar-refractivity contribution is -0.155. The minimum atomic E-state index is -0.394. The molecule has 5 fully saturated rings. The van der Waals surface area contributed by atoms with Crippen LogP contribution in [-0.4, -0.2) is 35.1 Å². The van der Waals surface area contributed by atoms with Crippen LogP contribution < -0.4 is 0 Å². The topological polar surface area (TPSA) is 49.7 Å². The van der Waals surface area contributed by atoms with Crippen molar-refractivity contribution in [3.8, 4) is 0 Å². The van der Waals surface area contributed by atoms with Gasteiger partial charge in [-0.25, -0.2) is 0 Å². The maximum Gasteiger partial charge on any atom is 0.0648 e. The van der Waals surface area contributed by atoms with Crippen LogP contribution >= 0.6 is 0 Å². The summed E-state index contributed by atoms with van der Waals surface area (Å²) in [5.74, 6) is 4.82. The highest BCUT2D eigenvalue weighted by Gasteiger charge is 2.61. The van der Waals surface area contributed by atoms with E-state index in [9.17, 15) is 10.2 Å². The molecule has 0 unspecified atom stereocenters. The van der Waals surface area contributed by atoms with Crippen LogP contribution in [0.2, 0.25) is 0 Å². The second kappa shape index (κ2) is 8.52. The summed E-state index contributed by atoms with van der Waals surface area (Å²) >= 11 is 0. The van der Waals surface area contributed by atoms with E-state index in [-0.39, 0.29) is 6.10 Å². The Labute approximate surface area is 197 Å². The van der Waals surface area contributed by atoms with E-state index < -0.39 is 5.60 Å². The molecule has 0 aromatic heterocycles.